The molecule has 0 fully saturated rings. The summed E-state index contributed by atoms with van der Waals surface area (Å²) < 4.78 is 4.90. The van der Waals surface area contributed by atoms with Crippen molar-refractivity contribution in [3.05, 3.63) is 255 Å². The summed E-state index contributed by atoms with van der Waals surface area (Å²) in [5.41, 5.74) is 8.38. The normalized spacial score (nSPS) is 11.8. The molecule has 0 unspecified atom stereocenters. The fourth-order valence-corrected chi connectivity index (χ4v) is 16.4. The lowest BCUT2D eigenvalue weighted by atomic mass is 9.97. The lowest BCUT2D eigenvalue weighted by Crippen LogP contribution is -2.74. The van der Waals surface area contributed by atoms with Gasteiger partial charge in [-0.05, 0) is 86.5 Å². The fourth-order valence-electron chi connectivity index (χ4n) is 10.5. The SMILES string of the molecule is c1ccc([Si](c2ccccc2)(c2ccccc2)c2cccc(-c3nc(-c4ccc(-n5c6ccccc6c6ccccc65)cc4)nc(-c4ccccc4-c4ccc5sc6ccccc6c5c4)n3)c2)cc1. The molecule has 13 rings (SSSR count). The van der Waals surface area contributed by atoms with Crippen molar-refractivity contribution < 1.29 is 0 Å². The molecule has 0 amide bonds. The van der Waals surface area contributed by atoms with Gasteiger partial charge in [-0.2, -0.15) is 0 Å². The molecule has 0 bridgehead atoms. The first-order valence-electron chi connectivity index (χ1n) is 23.3. The van der Waals surface area contributed by atoms with E-state index in [-0.39, 0.29) is 0 Å². The maximum absolute atomic E-state index is 5.45. The van der Waals surface area contributed by atoms with Gasteiger partial charge in [0.15, 0.2) is 25.5 Å². The van der Waals surface area contributed by atoms with Crippen LogP contribution in [0.2, 0.25) is 0 Å². The van der Waals surface area contributed by atoms with Crippen molar-refractivity contribution >= 4 is 82.1 Å². The Balaban J connectivity index is 1.01. The van der Waals surface area contributed by atoms with Gasteiger partial charge in [-0.1, -0.05) is 200 Å². The molecule has 0 atom stereocenters. The van der Waals surface area contributed by atoms with E-state index in [2.05, 4.69) is 259 Å². The van der Waals surface area contributed by atoms with Crippen molar-refractivity contribution in [3.8, 4) is 51.0 Å². The van der Waals surface area contributed by atoms with E-state index in [4.69, 9.17) is 15.0 Å². The van der Waals surface area contributed by atoms with Gasteiger partial charge in [0.1, 0.15) is 0 Å². The fraction of sp³-hybridized carbons (Fsp3) is 0. The number of fused-ring (bicyclic) bond motifs is 6. The van der Waals surface area contributed by atoms with Crippen molar-refractivity contribution in [2.75, 3.05) is 0 Å². The predicted octanol–water partition coefficient (Wildman–Crippen LogP) is 13.4. The minimum absolute atomic E-state index is 0.612. The number of rotatable bonds is 9. The number of benzene rings is 10. The van der Waals surface area contributed by atoms with Crippen LogP contribution in [0.1, 0.15) is 0 Å². The standard InChI is InChI=1S/C63H42N4SSi/c1-4-20-47(21-5-1)69(48-22-6-2-7-23-48,49-24-8-3-9-25-49)50-26-18-19-45(41-50)62-64-61(43-35-38-46(39-36-43)67-57-32-15-12-28-52(57)53-29-13-16-33-58(53)67)65-63(66-62)55-31-11-10-27-51(55)44-37-40-60-56(42-44)54-30-14-17-34-59(54)68-60/h1-42H. The molecule has 69 heavy (non-hydrogen) atoms. The van der Waals surface area contributed by atoms with Crippen LogP contribution < -0.4 is 20.7 Å². The Bertz CT molecular complexity index is 3860. The topological polar surface area (TPSA) is 43.6 Å². The predicted molar refractivity (Wildman–Crippen MR) is 292 cm³/mol. The van der Waals surface area contributed by atoms with Gasteiger partial charge in [0.2, 0.25) is 0 Å². The third kappa shape index (κ3) is 6.91. The lowest BCUT2D eigenvalue weighted by molar-refractivity contribution is 1.07. The zero-order valence-electron chi connectivity index (χ0n) is 37.4. The van der Waals surface area contributed by atoms with Crippen LogP contribution in [0, 0.1) is 0 Å². The highest BCUT2D eigenvalue weighted by molar-refractivity contribution is 7.25. The first kappa shape index (κ1) is 40.7. The molecule has 0 spiro atoms. The van der Waals surface area contributed by atoms with E-state index in [9.17, 15) is 0 Å². The Kier molecular flexibility index (Phi) is 10.00. The van der Waals surface area contributed by atoms with Gasteiger partial charge in [0, 0.05) is 53.3 Å². The number of thiophene rings is 1. The van der Waals surface area contributed by atoms with Gasteiger partial charge in [0.05, 0.1) is 11.0 Å². The summed E-state index contributed by atoms with van der Waals surface area (Å²) in [5.74, 6) is 1.85. The van der Waals surface area contributed by atoms with E-state index in [0.717, 1.165) is 33.5 Å². The van der Waals surface area contributed by atoms with E-state index >= 15 is 0 Å². The molecule has 4 nitrogen and oxygen atoms in total. The Morgan fingerprint density at radius 3 is 1.42 bits per heavy atom. The van der Waals surface area contributed by atoms with Crippen LogP contribution in [0.15, 0.2) is 255 Å². The molecule has 0 radical (unpaired) electrons. The molecule has 324 valence electrons. The first-order chi connectivity index (χ1) is 34.2. The lowest BCUT2D eigenvalue weighted by Gasteiger charge is -2.34. The first-order valence-corrected chi connectivity index (χ1v) is 26.2. The van der Waals surface area contributed by atoms with E-state index < -0.39 is 8.07 Å². The molecule has 13 aromatic rings. The summed E-state index contributed by atoms with van der Waals surface area (Å²) in [5, 5.41) is 10.2. The van der Waals surface area contributed by atoms with Gasteiger partial charge in [-0.25, -0.2) is 15.0 Å². The smallest absolute Gasteiger partial charge is 0.179 e. The Morgan fingerprint density at radius 2 is 0.783 bits per heavy atom. The largest absolute Gasteiger partial charge is 0.309 e. The Labute approximate surface area is 405 Å². The third-order valence-corrected chi connectivity index (χ3v) is 19.6. The zero-order chi connectivity index (χ0) is 45.7. The van der Waals surface area contributed by atoms with E-state index in [1.807, 2.05) is 11.3 Å². The van der Waals surface area contributed by atoms with Crippen molar-refractivity contribution in [1.82, 2.24) is 19.5 Å². The molecule has 10 aromatic carbocycles. The summed E-state index contributed by atoms with van der Waals surface area (Å²) >= 11 is 1.83. The van der Waals surface area contributed by atoms with Crippen LogP contribution in [0.5, 0.6) is 0 Å². The molecule has 0 aliphatic carbocycles. The average Bonchev–Trinajstić information content (AvgIpc) is 3.98. The maximum atomic E-state index is 5.45. The second kappa shape index (κ2) is 17.0. The van der Waals surface area contributed by atoms with E-state index in [1.54, 1.807) is 0 Å². The number of nitrogens with zero attached hydrogens (tertiary/aromatic N) is 4. The maximum Gasteiger partial charge on any atom is 0.179 e. The van der Waals surface area contributed by atoms with Crippen LogP contribution in [-0.4, -0.2) is 27.6 Å². The summed E-state index contributed by atoms with van der Waals surface area (Å²) in [7, 11) is -2.85. The minimum Gasteiger partial charge on any atom is -0.309 e. The highest BCUT2D eigenvalue weighted by Crippen LogP contribution is 2.39. The van der Waals surface area contributed by atoms with Gasteiger partial charge in [0.25, 0.3) is 0 Å². The summed E-state index contributed by atoms with van der Waals surface area (Å²) in [6.07, 6.45) is 0. The third-order valence-electron chi connectivity index (χ3n) is 13.6. The highest BCUT2D eigenvalue weighted by atomic mass is 32.1. The second-order valence-electron chi connectivity index (χ2n) is 17.5. The van der Waals surface area contributed by atoms with Crippen molar-refractivity contribution in [1.29, 1.82) is 0 Å². The van der Waals surface area contributed by atoms with Crippen LogP contribution in [0.4, 0.5) is 0 Å². The van der Waals surface area contributed by atoms with Gasteiger partial charge in [-0.15, -0.1) is 11.3 Å². The van der Waals surface area contributed by atoms with E-state index in [0.29, 0.717) is 17.5 Å². The molecule has 0 aliphatic heterocycles. The monoisotopic (exact) mass is 914 g/mol. The van der Waals surface area contributed by atoms with Gasteiger partial charge < -0.3 is 4.57 Å². The van der Waals surface area contributed by atoms with Gasteiger partial charge in [-0.3, -0.25) is 0 Å². The number of para-hydroxylation sites is 2. The molecule has 0 aliphatic rings. The average molecular weight is 915 g/mol. The molecule has 3 aromatic heterocycles. The van der Waals surface area contributed by atoms with E-state index in [1.165, 1.54) is 62.7 Å². The molecule has 0 N–H and O–H groups in total. The van der Waals surface area contributed by atoms with Crippen LogP contribution in [-0.2, 0) is 0 Å². The second-order valence-corrected chi connectivity index (χ2v) is 22.4. The van der Waals surface area contributed by atoms with Crippen molar-refractivity contribution in [3.63, 3.8) is 0 Å². The molecule has 0 saturated heterocycles. The molecular weight excluding hydrogens is 873 g/mol. The van der Waals surface area contributed by atoms with Crippen molar-refractivity contribution in [2.24, 2.45) is 0 Å². The van der Waals surface area contributed by atoms with Crippen LogP contribution >= 0.6 is 11.3 Å². The van der Waals surface area contributed by atoms with Crippen LogP contribution in [0.25, 0.3) is 93.0 Å². The van der Waals surface area contributed by atoms with Gasteiger partial charge >= 0.3 is 0 Å². The highest BCUT2D eigenvalue weighted by Gasteiger charge is 2.41. The van der Waals surface area contributed by atoms with Crippen LogP contribution in [0.3, 0.4) is 0 Å². The number of hydrogen-bond acceptors (Lipinski definition) is 4. The van der Waals surface area contributed by atoms with Crippen molar-refractivity contribution in [2.45, 2.75) is 0 Å². The summed E-state index contributed by atoms with van der Waals surface area (Å²) in [4.78, 5) is 16.2. The zero-order valence-corrected chi connectivity index (χ0v) is 39.3. The molecular formula is C63H42N4SSi. The Morgan fingerprint density at radius 1 is 0.304 bits per heavy atom. The summed E-state index contributed by atoms with van der Waals surface area (Å²) in [6.45, 7) is 0. The molecule has 0 saturated carbocycles. The Hall–Kier alpha value is -8.55. The minimum atomic E-state index is -2.85. The number of aromatic nitrogens is 4. The quantitative estimate of drug-likeness (QED) is 0.107. The summed E-state index contributed by atoms with van der Waals surface area (Å²) in [6, 6.07) is 92.0. The number of hydrogen-bond donors (Lipinski definition) is 0. The molecule has 3 heterocycles. The molecule has 6 heteroatoms.